The number of nitrogens with one attached hydrogen (secondary N) is 1. The van der Waals surface area contributed by atoms with Gasteiger partial charge in [-0.3, -0.25) is 0 Å². The molecule has 1 saturated heterocycles. The molecule has 2 fully saturated rings. The van der Waals surface area contributed by atoms with Crippen LogP contribution in [0, 0.1) is 0 Å². The molecule has 118 valence electrons. The lowest BCUT2D eigenvalue weighted by molar-refractivity contribution is -0.0709. The Morgan fingerprint density at radius 3 is 2.60 bits per heavy atom. The average molecular weight is 285 g/mol. The molecule has 4 heteroatoms. The smallest absolute Gasteiger partial charge is 0.0814 e. The van der Waals surface area contributed by atoms with Crippen molar-refractivity contribution in [2.75, 3.05) is 20.3 Å². The van der Waals surface area contributed by atoms with Crippen LogP contribution >= 0.6 is 0 Å². The Hall–Kier alpha value is -0.160. The SMILES string of the molecule is COC1CCCC(OCC2CCC(CNC(C)C)O2)C1. The molecule has 0 aromatic heterocycles. The van der Waals surface area contributed by atoms with E-state index in [1.807, 2.05) is 0 Å². The molecule has 1 saturated carbocycles. The van der Waals surface area contributed by atoms with E-state index < -0.39 is 0 Å². The highest BCUT2D eigenvalue weighted by atomic mass is 16.5. The average Bonchev–Trinajstić information content (AvgIpc) is 2.91. The predicted octanol–water partition coefficient (Wildman–Crippen LogP) is 2.51. The van der Waals surface area contributed by atoms with Crippen LogP contribution in [0.2, 0.25) is 0 Å². The third-order valence-electron chi connectivity index (χ3n) is 4.38. The summed E-state index contributed by atoms with van der Waals surface area (Å²) in [6.07, 6.45) is 8.30. The quantitative estimate of drug-likeness (QED) is 0.780. The van der Waals surface area contributed by atoms with E-state index in [1.165, 1.54) is 19.3 Å². The van der Waals surface area contributed by atoms with Gasteiger partial charge in [0.2, 0.25) is 0 Å². The number of rotatable bonds is 7. The van der Waals surface area contributed by atoms with E-state index in [2.05, 4.69) is 19.2 Å². The maximum atomic E-state index is 6.05. The summed E-state index contributed by atoms with van der Waals surface area (Å²) in [5.41, 5.74) is 0. The first-order chi connectivity index (χ1) is 9.67. The molecule has 0 bridgehead atoms. The molecule has 4 atom stereocenters. The summed E-state index contributed by atoms with van der Waals surface area (Å²) in [5.74, 6) is 0. The van der Waals surface area contributed by atoms with Gasteiger partial charge < -0.3 is 19.5 Å². The molecule has 1 N–H and O–H groups in total. The summed E-state index contributed by atoms with van der Waals surface area (Å²) in [6, 6.07) is 0.530. The van der Waals surface area contributed by atoms with Gasteiger partial charge in [-0.25, -0.2) is 0 Å². The molecule has 2 rings (SSSR count). The highest BCUT2D eigenvalue weighted by Crippen LogP contribution is 2.25. The van der Waals surface area contributed by atoms with Crippen LogP contribution in [0.3, 0.4) is 0 Å². The van der Waals surface area contributed by atoms with Crippen molar-refractivity contribution in [1.82, 2.24) is 5.32 Å². The molecular weight excluding hydrogens is 254 g/mol. The van der Waals surface area contributed by atoms with Crippen LogP contribution in [0.4, 0.5) is 0 Å². The number of ether oxygens (including phenoxy) is 3. The van der Waals surface area contributed by atoms with E-state index in [9.17, 15) is 0 Å². The van der Waals surface area contributed by atoms with Crippen LogP contribution in [0.1, 0.15) is 52.4 Å². The van der Waals surface area contributed by atoms with Gasteiger partial charge in [0.15, 0.2) is 0 Å². The van der Waals surface area contributed by atoms with Crippen LogP contribution < -0.4 is 5.32 Å². The topological polar surface area (TPSA) is 39.7 Å². The van der Waals surface area contributed by atoms with Crippen LogP contribution in [-0.2, 0) is 14.2 Å². The Kier molecular flexibility index (Phi) is 6.75. The van der Waals surface area contributed by atoms with Crippen LogP contribution in [0.25, 0.3) is 0 Å². The van der Waals surface area contributed by atoms with E-state index in [4.69, 9.17) is 14.2 Å². The van der Waals surface area contributed by atoms with Crippen LogP contribution in [-0.4, -0.2) is 50.7 Å². The van der Waals surface area contributed by atoms with E-state index in [0.29, 0.717) is 24.4 Å². The molecule has 1 aliphatic carbocycles. The van der Waals surface area contributed by atoms with Crippen LogP contribution in [0.5, 0.6) is 0 Å². The van der Waals surface area contributed by atoms with Gasteiger partial charge in [0, 0.05) is 19.7 Å². The highest BCUT2D eigenvalue weighted by Gasteiger charge is 2.28. The molecule has 0 radical (unpaired) electrons. The number of hydrogen-bond acceptors (Lipinski definition) is 4. The summed E-state index contributed by atoms with van der Waals surface area (Å²) in [6.45, 7) is 6.05. The Bertz CT molecular complexity index is 272. The highest BCUT2D eigenvalue weighted by molar-refractivity contribution is 4.78. The maximum absolute atomic E-state index is 6.05. The molecule has 0 aromatic rings. The van der Waals surface area contributed by atoms with Gasteiger partial charge in [0.1, 0.15) is 0 Å². The second kappa shape index (κ2) is 8.32. The zero-order valence-corrected chi connectivity index (χ0v) is 13.3. The third kappa shape index (κ3) is 5.32. The minimum absolute atomic E-state index is 0.289. The van der Waals surface area contributed by atoms with Gasteiger partial charge in [-0.2, -0.15) is 0 Å². The maximum Gasteiger partial charge on any atom is 0.0814 e. The van der Waals surface area contributed by atoms with Crippen LogP contribution in [0.15, 0.2) is 0 Å². The minimum Gasteiger partial charge on any atom is -0.381 e. The van der Waals surface area contributed by atoms with Gasteiger partial charge in [0.25, 0.3) is 0 Å². The lowest BCUT2D eigenvalue weighted by atomic mass is 9.95. The van der Waals surface area contributed by atoms with Gasteiger partial charge >= 0.3 is 0 Å². The van der Waals surface area contributed by atoms with Crippen molar-refractivity contribution in [1.29, 1.82) is 0 Å². The lowest BCUT2D eigenvalue weighted by Crippen LogP contribution is -2.33. The largest absolute Gasteiger partial charge is 0.381 e. The molecule has 20 heavy (non-hydrogen) atoms. The van der Waals surface area contributed by atoms with Crippen molar-refractivity contribution < 1.29 is 14.2 Å². The van der Waals surface area contributed by atoms with Crippen molar-refractivity contribution >= 4 is 0 Å². The van der Waals surface area contributed by atoms with Gasteiger partial charge in [-0.15, -0.1) is 0 Å². The van der Waals surface area contributed by atoms with Crippen molar-refractivity contribution in [3.8, 4) is 0 Å². The van der Waals surface area contributed by atoms with Gasteiger partial charge in [0.05, 0.1) is 31.0 Å². The molecule has 0 aromatic carbocycles. The first-order valence-corrected chi connectivity index (χ1v) is 8.20. The minimum atomic E-state index is 0.289. The zero-order chi connectivity index (χ0) is 14.4. The molecule has 4 unspecified atom stereocenters. The summed E-state index contributed by atoms with van der Waals surface area (Å²) in [4.78, 5) is 0. The normalized spacial score (nSPS) is 34.8. The van der Waals surface area contributed by atoms with Crippen molar-refractivity contribution in [2.24, 2.45) is 0 Å². The molecule has 4 nitrogen and oxygen atoms in total. The zero-order valence-electron chi connectivity index (χ0n) is 13.3. The fourth-order valence-corrected chi connectivity index (χ4v) is 3.13. The summed E-state index contributed by atoms with van der Waals surface area (Å²) >= 11 is 0. The Balaban J connectivity index is 1.60. The lowest BCUT2D eigenvalue weighted by Gasteiger charge is -2.29. The van der Waals surface area contributed by atoms with Gasteiger partial charge in [-0.1, -0.05) is 13.8 Å². The molecule has 0 amide bonds. The summed E-state index contributed by atoms with van der Waals surface area (Å²) in [5, 5.41) is 3.44. The Morgan fingerprint density at radius 2 is 1.85 bits per heavy atom. The van der Waals surface area contributed by atoms with Crippen molar-refractivity contribution in [3.05, 3.63) is 0 Å². The van der Waals surface area contributed by atoms with Gasteiger partial charge in [-0.05, 0) is 38.5 Å². The fraction of sp³-hybridized carbons (Fsp3) is 1.00. The second-order valence-corrected chi connectivity index (χ2v) is 6.50. The summed E-state index contributed by atoms with van der Waals surface area (Å²) < 4.78 is 17.5. The Labute approximate surface area is 123 Å². The van der Waals surface area contributed by atoms with E-state index in [-0.39, 0.29) is 6.10 Å². The fourth-order valence-electron chi connectivity index (χ4n) is 3.13. The first-order valence-electron chi connectivity index (χ1n) is 8.20. The standard InChI is InChI=1S/C16H31NO3/c1-12(2)17-10-15-7-8-16(20-15)11-19-14-6-4-5-13(9-14)18-3/h12-17H,4-11H2,1-3H3. The predicted molar refractivity (Wildman–Crippen MR) is 80.0 cm³/mol. The summed E-state index contributed by atoms with van der Waals surface area (Å²) in [7, 11) is 1.81. The molecule has 1 aliphatic heterocycles. The van der Waals surface area contributed by atoms with E-state index >= 15 is 0 Å². The molecule has 2 aliphatic rings. The third-order valence-corrected chi connectivity index (χ3v) is 4.38. The number of methoxy groups -OCH3 is 1. The van der Waals surface area contributed by atoms with E-state index in [0.717, 1.165) is 32.4 Å². The molecular formula is C16H31NO3. The molecule has 0 spiro atoms. The van der Waals surface area contributed by atoms with Crippen molar-refractivity contribution in [2.45, 2.75) is 82.8 Å². The van der Waals surface area contributed by atoms with Crippen molar-refractivity contribution in [3.63, 3.8) is 0 Å². The Morgan fingerprint density at radius 1 is 1.10 bits per heavy atom. The molecule has 1 heterocycles. The second-order valence-electron chi connectivity index (χ2n) is 6.50. The van der Waals surface area contributed by atoms with E-state index in [1.54, 1.807) is 7.11 Å². The number of hydrogen-bond donors (Lipinski definition) is 1. The first kappa shape index (κ1) is 16.2. The monoisotopic (exact) mass is 285 g/mol.